The molecule has 1 N–H and O–H groups in total. The van der Waals surface area contributed by atoms with Gasteiger partial charge in [-0.1, -0.05) is 11.6 Å². The Kier molecular flexibility index (Phi) is 5.00. The van der Waals surface area contributed by atoms with E-state index in [-0.39, 0.29) is 18.3 Å². The second-order valence-corrected chi connectivity index (χ2v) is 5.67. The number of carbonyl (C=O) groups is 1. The van der Waals surface area contributed by atoms with Crippen LogP contribution in [0.5, 0.6) is 5.75 Å². The predicted octanol–water partition coefficient (Wildman–Crippen LogP) is 3.60. The number of ether oxygens (including phenoxy) is 1. The van der Waals surface area contributed by atoms with Crippen LogP contribution < -0.4 is 10.1 Å². The molecule has 1 amide bonds. The lowest BCUT2D eigenvalue weighted by atomic mass is 10.2. The number of nitrogens with zero attached hydrogens (tertiary/aromatic N) is 2. The summed E-state index contributed by atoms with van der Waals surface area (Å²) in [5, 5.41) is 7.59. The number of methoxy groups -OCH3 is 1. The summed E-state index contributed by atoms with van der Waals surface area (Å²) in [4.78, 5) is 12.2. The third-order valence-corrected chi connectivity index (χ3v) is 3.89. The normalized spacial score (nSPS) is 10.5. The highest BCUT2D eigenvalue weighted by molar-refractivity contribution is 6.32. The van der Waals surface area contributed by atoms with Gasteiger partial charge in [-0.15, -0.1) is 0 Å². The van der Waals surface area contributed by atoms with E-state index < -0.39 is 0 Å². The Balaban J connectivity index is 1.66. The van der Waals surface area contributed by atoms with Crippen LogP contribution in [0.15, 0.2) is 54.7 Å². The number of carbonyl (C=O) groups excluding carboxylic acids is 1. The van der Waals surface area contributed by atoms with E-state index >= 15 is 0 Å². The molecule has 0 saturated heterocycles. The van der Waals surface area contributed by atoms with Crippen molar-refractivity contribution in [3.05, 3.63) is 76.8 Å². The molecule has 0 unspecified atom stereocenters. The predicted molar refractivity (Wildman–Crippen MR) is 92.7 cm³/mol. The van der Waals surface area contributed by atoms with Crippen molar-refractivity contribution >= 4 is 17.5 Å². The maximum absolute atomic E-state index is 13.0. The van der Waals surface area contributed by atoms with E-state index in [1.165, 1.54) is 19.2 Å². The third-order valence-electron chi connectivity index (χ3n) is 3.58. The maximum atomic E-state index is 13.0. The zero-order valence-corrected chi connectivity index (χ0v) is 14.1. The van der Waals surface area contributed by atoms with Gasteiger partial charge in [-0.2, -0.15) is 5.10 Å². The Morgan fingerprint density at radius 1 is 1.24 bits per heavy atom. The number of amides is 1. The fraction of sp³-hybridized carbons (Fsp3) is 0.111. The van der Waals surface area contributed by atoms with Crippen molar-refractivity contribution in [3.63, 3.8) is 0 Å². The molecule has 0 aliphatic carbocycles. The van der Waals surface area contributed by atoms with Crippen LogP contribution in [-0.4, -0.2) is 22.8 Å². The zero-order chi connectivity index (χ0) is 17.8. The molecule has 0 spiro atoms. The van der Waals surface area contributed by atoms with Crippen LogP contribution in [0.4, 0.5) is 4.39 Å². The average Bonchev–Trinajstić information content (AvgIpc) is 3.09. The highest BCUT2D eigenvalue weighted by Gasteiger charge is 2.10. The van der Waals surface area contributed by atoms with Crippen LogP contribution in [0.1, 0.15) is 16.1 Å². The minimum atomic E-state index is -0.304. The Bertz CT molecular complexity index is 894. The van der Waals surface area contributed by atoms with Gasteiger partial charge in [0.25, 0.3) is 5.91 Å². The molecule has 2 aromatic carbocycles. The molecule has 3 aromatic rings. The molecule has 0 radical (unpaired) electrons. The van der Waals surface area contributed by atoms with E-state index in [2.05, 4.69) is 10.4 Å². The summed E-state index contributed by atoms with van der Waals surface area (Å²) in [6.45, 7) is 0.262. The summed E-state index contributed by atoms with van der Waals surface area (Å²) in [5.74, 6) is -0.122. The molecule has 1 aromatic heterocycles. The Labute approximate surface area is 149 Å². The average molecular weight is 360 g/mol. The lowest BCUT2D eigenvalue weighted by Gasteiger charge is -2.07. The molecule has 0 aliphatic heterocycles. The van der Waals surface area contributed by atoms with Crippen LogP contribution in [0.2, 0.25) is 5.02 Å². The lowest BCUT2D eigenvalue weighted by Crippen LogP contribution is -2.23. The SMILES string of the molecule is COc1cc(C(=O)NCc2ccn(-c3ccc(F)cc3)n2)ccc1Cl. The molecular formula is C18H15ClFN3O2. The summed E-state index contributed by atoms with van der Waals surface area (Å²) in [6, 6.07) is 12.6. The molecule has 1 heterocycles. The minimum Gasteiger partial charge on any atom is -0.495 e. The smallest absolute Gasteiger partial charge is 0.251 e. The Morgan fingerprint density at radius 2 is 2.00 bits per heavy atom. The van der Waals surface area contributed by atoms with Crippen LogP contribution >= 0.6 is 11.6 Å². The fourth-order valence-corrected chi connectivity index (χ4v) is 2.46. The second kappa shape index (κ2) is 7.36. The van der Waals surface area contributed by atoms with Gasteiger partial charge in [-0.3, -0.25) is 4.79 Å². The van der Waals surface area contributed by atoms with Gasteiger partial charge in [0, 0.05) is 11.8 Å². The first-order valence-corrected chi connectivity index (χ1v) is 7.87. The molecule has 0 fully saturated rings. The van der Waals surface area contributed by atoms with Gasteiger partial charge in [0.15, 0.2) is 0 Å². The molecule has 25 heavy (non-hydrogen) atoms. The van der Waals surface area contributed by atoms with E-state index in [1.807, 2.05) is 0 Å². The van der Waals surface area contributed by atoms with Gasteiger partial charge < -0.3 is 10.1 Å². The summed E-state index contributed by atoms with van der Waals surface area (Å²) in [7, 11) is 1.49. The molecule has 0 saturated carbocycles. The number of rotatable bonds is 5. The summed E-state index contributed by atoms with van der Waals surface area (Å²) in [6.07, 6.45) is 1.75. The maximum Gasteiger partial charge on any atom is 0.251 e. The standard InChI is InChI=1S/C18H15ClFN3O2/c1-25-17-10-12(2-7-16(17)19)18(24)21-11-14-8-9-23(22-14)15-5-3-13(20)4-6-15/h2-10H,11H2,1H3,(H,21,24). The number of aromatic nitrogens is 2. The van der Waals surface area contributed by atoms with Crippen LogP contribution in [0.3, 0.4) is 0 Å². The van der Waals surface area contributed by atoms with Crippen molar-refractivity contribution in [2.75, 3.05) is 7.11 Å². The number of hydrogen-bond acceptors (Lipinski definition) is 3. The number of hydrogen-bond donors (Lipinski definition) is 1. The first-order valence-electron chi connectivity index (χ1n) is 7.49. The zero-order valence-electron chi connectivity index (χ0n) is 13.4. The molecule has 128 valence electrons. The van der Waals surface area contributed by atoms with Crippen LogP contribution in [0, 0.1) is 5.82 Å². The number of nitrogens with one attached hydrogen (secondary N) is 1. The van der Waals surface area contributed by atoms with E-state index in [0.717, 1.165) is 5.69 Å². The van der Waals surface area contributed by atoms with Crippen molar-refractivity contribution in [2.24, 2.45) is 0 Å². The highest BCUT2D eigenvalue weighted by Crippen LogP contribution is 2.24. The van der Waals surface area contributed by atoms with Crippen LogP contribution in [0.25, 0.3) is 5.69 Å². The number of halogens is 2. The summed E-state index contributed by atoms with van der Waals surface area (Å²) in [5.41, 5.74) is 1.86. The highest BCUT2D eigenvalue weighted by atomic mass is 35.5. The Hall–Kier alpha value is -2.86. The minimum absolute atomic E-state index is 0.258. The molecule has 0 atom stereocenters. The third kappa shape index (κ3) is 3.97. The van der Waals surface area contributed by atoms with Gasteiger partial charge in [-0.25, -0.2) is 9.07 Å². The van der Waals surface area contributed by atoms with E-state index in [4.69, 9.17) is 16.3 Å². The molecule has 3 rings (SSSR count). The van der Waals surface area contributed by atoms with Crippen LogP contribution in [-0.2, 0) is 6.54 Å². The van der Waals surface area contributed by atoms with Crippen molar-refractivity contribution in [3.8, 4) is 11.4 Å². The number of benzene rings is 2. The van der Waals surface area contributed by atoms with Crippen molar-refractivity contribution in [2.45, 2.75) is 6.54 Å². The van der Waals surface area contributed by atoms with Gasteiger partial charge in [0.2, 0.25) is 0 Å². The first-order chi connectivity index (χ1) is 12.1. The molecule has 5 nitrogen and oxygen atoms in total. The van der Waals surface area contributed by atoms with E-state index in [1.54, 1.807) is 47.3 Å². The topological polar surface area (TPSA) is 56.1 Å². The first kappa shape index (κ1) is 17.0. The second-order valence-electron chi connectivity index (χ2n) is 5.26. The van der Waals surface area contributed by atoms with Gasteiger partial charge >= 0.3 is 0 Å². The fourth-order valence-electron chi connectivity index (χ4n) is 2.27. The quantitative estimate of drug-likeness (QED) is 0.757. The largest absolute Gasteiger partial charge is 0.495 e. The molecular weight excluding hydrogens is 345 g/mol. The van der Waals surface area contributed by atoms with Crippen molar-refractivity contribution in [1.82, 2.24) is 15.1 Å². The van der Waals surface area contributed by atoms with Gasteiger partial charge in [-0.05, 0) is 48.5 Å². The monoisotopic (exact) mass is 359 g/mol. The van der Waals surface area contributed by atoms with E-state index in [9.17, 15) is 9.18 Å². The van der Waals surface area contributed by atoms with E-state index in [0.29, 0.717) is 22.0 Å². The van der Waals surface area contributed by atoms with Gasteiger partial charge in [0.05, 0.1) is 30.1 Å². The van der Waals surface area contributed by atoms with Gasteiger partial charge in [0.1, 0.15) is 11.6 Å². The summed E-state index contributed by atoms with van der Waals surface area (Å²) < 4.78 is 19.7. The molecule has 7 heteroatoms. The van der Waals surface area contributed by atoms with Crippen molar-refractivity contribution < 1.29 is 13.9 Å². The lowest BCUT2D eigenvalue weighted by molar-refractivity contribution is 0.0950. The van der Waals surface area contributed by atoms with Crippen molar-refractivity contribution in [1.29, 1.82) is 0 Å². The molecule has 0 aliphatic rings. The molecule has 0 bridgehead atoms. The summed E-state index contributed by atoms with van der Waals surface area (Å²) >= 11 is 5.95. The Morgan fingerprint density at radius 3 is 2.72 bits per heavy atom.